The number of hydrogen-bond donors (Lipinski definition) is 0. The zero-order valence-corrected chi connectivity index (χ0v) is 8.35. The zero-order valence-electron chi connectivity index (χ0n) is 8.35. The number of halogens is 12. The van der Waals surface area contributed by atoms with Crippen molar-refractivity contribution >= 4 is 5.78 Å². The SMILES string of the molecule is FC(F)(F)C1(F)OC1(F)F.O=C(C(F)(F)F)C(F)(F)F. The lowest BCUT2D eigenvalue weighted by Gasteiger charge is -2.06. The number of hydrogen-bond acceptors (Lipinski definition) is 2. The van der Waals surface area contributed by atoms with Crippen LogP contribution in [-0.4, -0.2) is 36.3 Å². The second-order valence-electron chi connectivity index (χ2n) is 3.04. The fourth-order valence-electron chi connectivity index (χ4n) is 0.535. The number of ketones is 1. The van der Waals surface area contributed by atoms with Crippen molar-refractivity contribution in [2.45, 2.75) is 30.5 Å². The third-order valence-corrected chi connectivity index (χ3v) is 1.48. The summed E-state index contributed by atoms with van der Waals surface area (Å²) >= 11 is 0. The number of epoxide rings is 1. The Balaban J connectivity index is 0.000000361. The van der Waals surface area contributed by atoms with Gasteiger partial charge >= 0.3 is 36.3 Å². The van der Waals surface area contributed by atoms with Gasteiger partial charge in [0, 0.05) is 0 Å². The summed E-state index contributed by atoms with van der Waals surface area (Å²) in [7, 11) is 0. The fraction of sp³-hybridized carbons (Fsp3) is 0.833. The smallest absolute Gasteiger partial charge is 0.279 e. The van der Waals surface area contributed by atoms with Crippen LogP contribution in [0.4, 0.5) is 52.7 Å². The average molecular weight is 332 g/mol. The van der Waals surface area contributed by atoms with E-state index >= 15 is 0 Å². The molecule has 0 saturated carbocycles. The molecule has 0 spiro atoms. The zero-order chi connectivity index (χ0) is 16.8. The Bertz CT molecular complexity index is 359. The van der Waals surface area contributed by atoms with E-state index in [1.807, 2.05) is 0 Å². The Morgan fingerprint density at radius 2 is 1.00 bits per heavy atom. The lowest BCUT2D eigenvalue weighted by atomic mass is 10.4. The number of alkyl halides is 12. The molecule has 1 saturated heterocycles. The van der Waals surface area contributed by atoms with E-state index in [2.05, 4.69) is 4.74 Å². The summed E-state index contributed by atoms with van der Waals surface area (Å²) in [6.07, 6.45) is -22.0. The minimum absolute atomic E-state index is 2.53. The number of rotatable bonds is 0. The molecule has 14 heteroatoms. The lowest BCUT2D eigenvalue weighted by Crippen LogP contribution is -2.36. The molecule has 0 radical (unpaired) electrons. The molecule has 1 heterocycles. The summed E-state index contributed by atoms with van der Waals surface area (Å²) in [5, 5.41) is 0. The van der Waals surface area contributed by atoms with Gasteiger partial charge in [0.1, 0.15) is 0 Å². The van der Waals surface area contributed by atoms with E-state index in [0.29, 0.717) is 0 Å². The highest BCUT2D eigenvalue weighted by Gasteiger charge is 2.90. The van der Waals surface area contributed by atoms with Crippen LogP contribution in [0.2, 0.25) is 0 Å². The van der Waals surface area contributed by atoms with Gasteiger partial charge in [-0.2, -0.15) is 52.7 Å². The summed E-state index contributed by atoms with van der Waals surface area (Å²) < 4.78 is 136. The van der Waals surface area contributed by atoms with Crippen molar-refractivity contribution < 1.29 is 62.2 Å². The summed E-state index contributed by atoms with van der Waals surface area (Å²) in [4.78, 5) is 9.24. The molecule has 120 valence electrons. The van der Waals surface area contributed by atoms with Crippen LogP contribution in [-0.2, 0) is 9.53 Å². The topological polar surface area (TPSA) is 29.6 Å². The van der Waals surface area contributed by atoms with Crippen molar-refractivity contribution in [2.24, 2.45) is 0 Å². The Labute approximate surface area is 99.8 Å². The summed E-state index contributed by atoms with van der Waals surface area (Å²) in [6.45, 7) is 0. The molecule has 1 aliphatic heterocycles. The maximum absolute atomic E-state index is 11.7. The van der Waals surface area contributed by atoms with E-state index in [1.54, 1.807) is 0 Å². The van der Waals surface area contributed by atoms with Crippen LogP contribution in [0.5, 0.6) is 0 Å². The highest BCUT2D eigenvalue weighted by molar-refractivity contribution is 5.89. The molecule has 1 rings (SSSR count). The summed E-state index contributed by atoms with van der Waals surface area (Å²) in [6, 6.07) is 0. The van der Waals surface area contributed by atoms with Gasteiger partial charge in [0.15, 0.2) is 0 Å². The number of Topliss-reactive ketones (excluding diaryl/α,β-unsaturated/α-hetero) is 1. The summed E-state index contributed by atoms with van der Waals surface area (Å²) in [5.41, 5.74) is 0. The van der Waals surface area contributed by atoms with Crippen molar-refractivity contribution in [2.75, 3.05) is 0 Å². The largest absolute Gasteiger partial charge is 0.459 e. The van der Waals surface area contributed by atoms with Crippen molar-refractivity contribution in [3.05, 3.63) is 0 Å². The van der Waals surface area contributed by atoms with Gasteiger partial charge in [-0.25, -0.2) is 0 Å². The molecule has 0 aromatic rings. The fourth-order valence-corrected chi connectivity index (χ4v) is 0.535. The Morgan fingerprint density at radius 1 is 0.750 bits per heavy atom. The monoisotopic (exact) mass is 332 g/mol. The molecular formula is C6F12O2. The molecule has 1 atom stereocenters. The molecule has 20 heavy (non-hydrogen) atoms. The van der Waals surface area contributed by atoms with Gasteiger partial charge in [0.2, 0.25) is 0 Å². The molecule has 1 unspecified atom stereocenters. The van der Waals surface area contributed by atoms with Crippen LogP contribution in [0.1, 0.15) is 0 Å². The predicted molar refractivity (Wildman–Crippen MR) is 33.0 cm³/mol. The quantitative estimate of drug-likeness (QED) is 0.502. The molecule has 2 nitrogen and oxygen atoms in total. The second kappa shape index (κ2) is 4.66. The number of carbonyl (C=O) groups is 1. The molecule has 0 aromatic heterocycles. The first-order valence-corrected chi connectivity index (χ1v) is 3.88. The van der Waals surface area contributed by atoms with E-state index in [9.17, 15) is 57.5 Å². The van der Waals surface area contributed by atoms with Crippen LogP contribution >= 0.6 is 0 Å². The molecule has 1 fully saturated rings. The average Bonchev–Trinajstić information content (AvgIpc) is 2.63. The first-order chi connectivity index (χ1) is 8.36. The van der Waals surface area contributed by atoms with Crippen LogP contribution in [0, 0.1) is 0 Å². The first-order valence-electron chi connectivity index (χ1n) is 3.88. The van der Waals surface area contributed by atoms with Gasteiger partial charge in [-0.05, 0) is 0 Å². The van der Waals surface area contributed by atoms with Crippen molar-refractivity contribution in [3.8, 4) is 0 Å². The highest BCUT2D eigenvalue weighted by atomic mass is 19.4. The van der Waals surface area contributed by atoms with Gasteiger partial charge < -0.3 is 0 Å². The van der Waals surface area contributed by atoms with E-state index in [-0.39, 0.29) is 0 Å². The van der Waals surface area contributed by atoms with Crippen LogP contribution < -0.4 is 0 Å². The van der Waals surface area contributed by atoms with Gasteiger partial charge in [-0.15, -0.1) is 0 Å². The van der Waals surface area contributed by atoms with Gasteiger partial charge in [0.25, 0.3) is 0 Å². The Hall–Kier alpha value is -1.21. The van der Waals surface area contributed by atoms with Crippen molar-refractivity contribution in [1.29, 1.82) is 0 Å². The van der Waals surface area contributed by atoms with Crippen molar-refractivity contribution in [3.63, 3.8) is 0 Å². The Morgan fingerprint density at radius 3 is 1.00 bits per heavy atom. The standard InChI is InChI=1S/2C3F6O/c4-1(2(5,6)7)3(8,9)10-1;4-2(5,6)1(10)3(7,8)9. The second-order valence-corrected chi connectivity index (χ2v) is 3.04. The normalized spacial score (nSPS) is 25.6. The molecule has 1 aliphatic rings. The van der Waals surface area contributed by atoms with Gasteiger partial charge in [0.05, 0.1) is 0 Å². The van der Waals surface area contributed by atoms with Crippen LogP contribution in [0.25, 0.3) is 0 Å². The minimum atomic E-state index is -5.82. The minimum Gasteiger partial charge on any atom is -0.279 e. The van der Waals surface area contributed by atoms with E-state index in [0.717, 1.165) is 0 Å². The molecule has 0 bridgehead atoms. The van der Waals surface area contributed by atoms with E-state index in [4.69, 9.17) is 0 Å². The molecular weight excluding hydrogens is 332 g/mol. The summed E-state index contributed by atoms with van der Waals surface area (Å²) in [5.74, 6) is -8.43. The molecule has 0 amide bonds. The maximum Gasteiger partial charge on any atom is 0.459 e. The maximum atomic E-state index is 11.7. The highest BCUT2D eigenvalue weighted by Crippen LogP contribution is 2.60. The van der Waals surface area contributed by atoms with Crippen LogP contribution in [0.15, 0.2) is 0 Å². The third-order valence-electron chi connectivity index (χ3n) is 1.48. The molecule has 0 aliphatic carbocycles. The van der Waals surface area contributed by atoms with Gasteiger partial charge in [-0.1, -0.05) is 0 Å². The molecule has 0 aromatic carbocycles. The Kier molecular flexibility index (Phi) is 4.38. The van der Waals surface area contributed by atoms with Crippen LogP contribution in [0.3, 0.4) is 0 Å². The van der Waals surface area contributed by atoms with E-state index < -0.39 is 36.3 Å². The third kappa shape index (κ3) is 3.89. The van der Waals surface area contributed by atoms with Gasteiger partial charge in [-0.3, -0.25) is 9.53 Å². The molecule has 0 N–H and O–H groups in total. The number of ether oxygens (including phenoxy) is 1. The van der Waals surface area contributed by atoms with Crippen molar-refractivity contribution in [1.82, 2.24) is 0 Å². The predicted octanol–water partition coefficient (Wildman–Crippen LogP) is 3.52. The van der Waals surface area contributed by atoms with E-state index in [1.165, 1.54) is 0 Å². The first kappa shape index (κ1) is 18.8. The number of carbonyl (C=O) groups excluding carboxylic acids is 1. The lowest BCUT2D eigenvalue weighted by molar-refractivity contribution is -0.231.